The van der Waals surface area contributed by atoms with Gasteiger partial charge in [0.15, 0.2) is 0 Å². The third kappa shape index (κ3) is 2.73. The van der Waals surface area contributed by atoms with Crippen LogP contribution >= 0.6 is 0 Å². The Morgan fingerprint density at radius 1 is 1.56 bits per heavy atom. The van der Waals surface area contributed by atoms with Crippen LogP contribution in [0.1, 0.15) is 12.0 Å². The number of amides is 2. The fourth-order valence-electron chi connectivity index (χ4n) is 2.04. The number of nitrogens with one attached hydrogen (secondary N) is 1. The Morgan fingerprint density at radius 3 is 2.94 bits per heavy atom. The molecule has 1 heterocycles. The van der Waals surface area contributed by atoms with E-state index in [4.69, 9.17) is 4.74 Å². The molecule has 1 atom stereocenters. The van der Waals surface area contributed by atoms with Crippen molar-refractivity contribution < 1.29 is 14.6 Å². The molecule has 5 nitrogen and oxygen atoms in total. The van der Waals surface area contributed by atoms with Gasteiger partial charge in [-0.1, -0.05) is 6.07 Å². The van der Waals surface area contributed by atoms with E-state index in [1.807, 2.05) is 25.1 Å². The fourth-order valence-corrected chi connectivity index (χ4v) is 2.04. The summed E-state index contributed by atoms with van der Waals surface area (Å²) in [6.45, 7) is 2.93. The minimum atomic E-state index is -0.407. The number of rotatable bonds is 2. The van der Waals surface area contributed by atoms with Gasteiger partial charge in [-0.2, -0.15) is 0 Å². The summed E-state index contributed by atoms with van der Waals surface area (Å²) in [5.74, 6) is 0.633. The average molecular weight is 250 g/mol. The third-order valence-electron chi connectivity index (χ3n) is 3.05. The van der Waals surface area contributed by atoms with Gasteiger partial charge in [-0.15, -0.1) is 0 Å². The Kier molecular flexibility index (Phi) is 3.72. The molecule has 0 bridgehead atoms. The number of carbonyl (C=O) groups is 1. The van der Waals surface area contributed by atoms with Crippen LogP contribution in [0.4, 0.5) is 10.5 Å². The molecule has 0 radical (unpaired) electrons. The number of benzene rings is 1. The van der Waals surface area contributed by atoms with Crippen molar-refractivity contribution in [2.75, 3.05) is 25.5 Å². The Labute approximate surface area is 106 Å². The van der Waals surface area contributed by atoms with Crippen molar-refractivity contribution in [3.05, 3.63) is 23.8 Å². The molecule has 1 aromatic carbocycles. The van der Waals surface area contributed by atoms with Gasteiger partial charge < -0.3 is 20.1 Å². The number of ether oxygens (including phenoxy) is 1. The summed E-state index contributed by atoms with van der Waals surface area (Å²) in [5, 5.41) is 12.2. The largest absolute Gasteiger partial charge is 0.495 e. The number of anilines is 1. The van der Waals surface area contributed by atoms with Gasteiger partial charge in [-0.3, -0.25) is 0 Å². The van der Waals surface area contributed by atoms with Crippen molar-refractivity contribution in [2.24, 2.45) is 0 Å². The van der Waals surface area contributed by atoms with Crippen molar-refractivity contribution >= 4 is 11.7 Å². The maximum absolute atomic E-state index is 12.0. The lowest BCUT2D eigenvalue weighted by Gasteiger charge is -2.18. The fraction of sp³-hybridized carbons (Fsp3) is 0.462. The van der Waals surface area contributed by atoms with Crippen LogP contribution in [0.3, 0.4) is 0 Å². The number of β-amino-alcohol motifs (C(OH)–C–C–N with tert-alkyl or cyclic N) is 1. The monoisotopic (exact) mass is 250 g/mol. The zero-order valence-corrected chi connectivity index (χ0v) is 10.6. The maximum atomic E-state index is 12.0. The van der Waals surface area contributed by atoms with E-state index >= 15 is 0 Å². The highest BCUT2D eigenvalue weighted by molar-refractivity contribution is 5.91. The number of aliphatic hydroxyl groups excluding tert-OH is 1. The number of methoxy groups -OCH3 is 1. The number of carbonyl (C=O) groups excluding carboxylic acids is 1. The molecule has 0 saturated carbocycles. The van der Waals surface area contributed by atoms with E-state index in [2.05, 4.69) is 5.32 Å². The lowest BCUT2D eigenvalue weighted by Crippen LogP contribution is -2.33. The summed E-state index contributed by atoms with van der Waals surface area (Å²) in [4.78, 5) is 13.6. The zero-order valence-electron chi connectivity index (χ0n) is 10.6. The van der Waals surface area contributed by atoms with Gasteiger partial charge in [-0.05, 0) is 31.0 Å². The van der Waals surface area contributed by atoms with Crippen LogP contribution in [-0.2, 0) is 0 Å². The van der Waals surface area contributed by atoms with Gasteiger partial charge in [0, 0.05) is 13.1 Å². The van der Waals surface area contributed by atoms with E-state index in [1.165, 1.54) is 0 Å². The van der Waals surface area contributed by atoms with Crippen molar-refractivity contribution in [1.82, 2.24) is 4.90 Å². The molecule has 0 aliphatic carbocycles. The summed E-state index contributed by atoms with van der Waals surface area (Å²) in [6.07, 6.45) is 0.230. The Bertz CT molecular complexity index is 448. The second-order valence-corrected chi connectivity index (χ2v) is 4.52. The predicted octanol–water partition coefficient (Wildman–Crippen LogP) is 1.60. The zero-order chi connectivity index (χ0) is 13.1. The van der Waals surface area contributed by atoms with E-state index in [9.17, 15) is 9.90 Å². The first kappa shape index (κ1) is 12.7. The van der Waals surface area contributed by atoms with E-state index in [0.717, 1.165) is 5.56 Å². The molecule has 0 aromatic heterocycles. The van der Waals surface area contributed by atoms with Crippen LogP contribution in [0.25, 0.3) is 0 Å². The van der Waals surface area contributed by atoms with Crippen molar-refractivity contribution in [1.29, 1.82) is 0 Å². The topological polar surface area (TPSA) is 61.8 Å². The molecule has 5 heteroatoms. The number of aryl methyl sites for hydroxylation is 1. The standard InChI is InChI=1S/C13H18N2O3/c1-9-3-4-12(18-2)11(7-9)14-13(17)15-6-5-10(16)8-15/h3-4,7,10,16H,5-6,8H2,1-2H3,(H,14,17)/t10-/m1/s1. The van der Waals surface area contributed by atoms with Crippen LogP contribution in [-0.4, -0.2) is 42.3 Å². The molecule has 0 unspecified atom stereocenters. The van der Waals surface area contributed by atoms with Gasteiger partial charge in [0.1, 0.15) is 5.75 Å². The minimum absolute atomic E-state index is 0.199. The van der Waals surface area contributed by atoms with Gasteiger partial charge >= 0.3 is 6.03 Å². The maximum Gasteiger partial charge on any atom is 0.322 e. The molecule has 0 spiro atoms. The molecule has 1 saturated heterocycles. The SMILES string of the molecule is COc1ccc(C)cc1NC(=O)N1CC[C@@H](O)C1. The first-order valence-corrected chi connectivity index (χ1v) is 5.99. The molecule has 18 heavy (non-hydrogen) atoms. The molecule has 1 fully saturated rings. The van der Waals surface area contributed by atoms with Crippen molar-refractivity contribution in [3.63, 3.8) is 0 Å². The van der Waals surface area contributed by atoms with Crippen LogP contribution in [0.5, 0.6) is 5.75 Å². The lowest BCUT2D eigenvalue weighted by molar-refractivity contribution is 0.176. The van der Waals surface area contributed by atoms with Crippen LogP contribution in [0, 0.1) is 6.92 Å². The van der Waals surface area contributed by atoms with E-state index in [1.54, 1.807) is 12.0 Å². The highest BCUT2D eigenvalue weighted by atomic mass is 16.5. The van der Waals surface area contributed by atoms with E-state index in [-0.39, 0.29) is 6.03 Å². The predicted molar refractivity (Wildman–Crippen MR) is 68.9 cm³/mol. The highest BCUT2D eigenvalue weighted by Crippen LogP contribution is 2.25. The molecular weight excluding hydrogens is 232 g/mol. The molecule has 2 rings (SSSR count). The smallest absolute Gasteiger partial charge is 0.322 e. The highest BCUT2D eigenvalue weighted by Gasteiger charge is 2.24. The minimum Gasteiger partial charge on any atom is -0.495 e. The van der Waals surface area contributed by atoms with Crippen LogP contribution in [0.2, 0.25) is 0 Å². The van der Waals surface area contributed by atoms with E-state index in [0.29, 0.717) is 30.9 Å². The van der Waals surface area contributed by atoms with Crippen LogP contribution < -0.4 is 10.1 Å². The van der Waals surface area contributed by atoms with Crippen molar-refractivity contribution in [2.45, 2.75) is 19.4 Å². The van der Waals surface area contributed by atoms with Gasteiger partial charge in [-0.25, -0.2) is 4.79 Å². The molecule has 2 amide bonds. The number of urea groups is 1. The van der Waals surface area contributed by atoms with Gasteiger partial charge in [0.2, 0.25) is 0 Å². The second-order valence-electron chi connectivity index (χ2n) is 4.52. The average Bonchev–Trinajstić information content (AvgIpc) is 2.76. The number of nitrogens with zero attached hydrogens (tertiary/aromatic N) is 1. The Balaban J connectivity index is 2.09. The third-order valence-corrected chi connectivity index (χ3v) is 3.05. The summed E-state index contributed by atoms with van der Waals surface area (Å²) >= 11 is 0. The summed E-state index contributed by atoms with van der Waals surface area (Å²) < 4.78 is 5.20. The second kappa shape index (κ2) is 5.27. The lowest BCUT2D eigenvalue weighted by atomic mass is 10.2. The number of aliphatic hydroxyl groups is 1. The molecule has 1 aliphatic heterocycles. The molecule has 2 N–H and O–H groups in total. The molecular formula is C13H18N2O3. The van der Waals surface area contributed by atoms with Gasteiger partial charge in [0.25, 0.3) is 0 Å². The summed E-state index contributed by atoms with van der Waals surface area (Å²) in [7, 11) is 1.57. The van der Waals surface area contributed by atoms with Crippen LogP contribution in [0.15, 0.2) is 18.2 Å². The molecule has 98 valence electrons. The Hall–Kier alpha value is -1.75. The summed E-state index contributed by atoms with van der Waals surface area (Å²) in [5.41, 5.74) is 1.71. The Morgan fingerprint density at radius 2 is 2.33 bits per heavy atom. The molecule has 1 aromatic rings. The first-order valence-electron chi connectivity index (χ1n) is 5.99. The number of likely N-dealkylation sites (tertiary alicyclic amines) is 1. The number of hydrogen-bond acceptors (Lipinski definition) is 3. The van der Waals surface area contributed by atoms with Crippen molar-refractivity contribution in [3.8, 4) is 5.75 Å². The quantitative estimate of drug-likeness (QED) is 0.838. The normalized spacial score (nSPS) is 18.8. The van der Waals surface area contributed by atoms with Gasteiger partial charge in [0.05, 0.1) is 18.9 Å². The first-order chi connectivity index (χ1) is 8.60. The van der Waals surface area contributed by atoms with E-state index < -0.39 is 6.10 Å². The summed E-state index contributed by atoms with van der Waals surface area (Å²) in [6, 6.07) is 5.41. The molecule has 1 aliphatic rings. The number of hydrogen-bond donors (Lipinski definition) is 2.